The zero-order valence-corrected chi connectivity index (χ0v) is 20.8. The number of amides is 2. The molecule has 0 aliphatic carbocycles. The van der Waals surface area contributed by atoms with Crippen LogP contribution < -0.4 is 10.9 Å². The molecule has 0 saturated carbocycles. The molecule has 1 aromatic rings. The molecule has 0 unspecified atom stereocenters. The second-order valence-electron chi connectivity index (χ2n) is 9.73. The van der Waals surface area contributed by atoms with Crippen LogP contribution in [0.25, 0.3) is 0 Å². The number of hydrogen-bond acceptors (Lipinski definition) is 5. The summed E-state index contributed by atoms with van der Waals surface area (Å²) in [6.45, 7) is 9.61. The van der Waals surface area contributed by atoms with Crippen molar-refractivity contribution >= 4 is 11.8 Å². The van der Waals surface area contributed by atoms with Crippen LogP contribution in [0.3, 0.4) is 0 Å². The normalized spacial score (nSPS) is 17.2. The molecular formula is C26H43N3O4. The third-order valence-corrected chi connectivity index (χ3v) is 5.70. The average Bonchev–Trinajstić information content (AvgIpc) is 2.81. The fourth-order valence-electron chi connectivity index (χ4n) is 3.70. The highest BCUT2D eigenvalue weighted by Crippen LogP contribution is 2.16. The maximum Gasteiger partial charge on any atom is 0.268 e. The number of carbonyl (C=O) groups excluding carboxylic acids is 2. The highest BCUT2D eigenvalue weighted by atomic mass is 16.8. The molecule has 0 bridgehead atoms. The van der Waals surface area contributed by atoms with Crippen molar-refractivity contribution in [3.63, 3.8) is 0 Å². The quantitative estimate of drug-likeness (QED) is 0.402. The van der Waals surface area contributed by atoms with Crippen LogP contribution in [-0.2, 0) is 25.6 Å². The summed E-state index contributed by atoms with van der Waals surface area (Å²) in [5, 5.41) is 1.55. The van der Waals surface area contributed by atoms with Gasteiger partial charge in [0.15, 0.2) is 6.29 Å². The Balaban J connectivity index is 2.09. The molecule has 1 fully saturated rings. The van der Waals surface area contributed by atoms with Gasteiger partial charge in [0.1, 0.15) is 6.04 Å². The summed E-state index contributed by atoms with van der Waals surface area (Å²) >= 11 is 0. The predicted octanol–water partition coefficient (Wildman–Crippen LogP) is 4.38. The van der Waals surface area contributed by atoms with Crippen molar-refractivity contribution in [1.82, 2.24) is 15.9 Å². The zero-order valence-electron chi connectivity index (χ0n) is 20.8. The first-order valence-electron chi connectivity index (χ1n) is 12.5. The smallest absolute Gasteiger partial charge is 0.268 e. The van der Waals surface area contributed by atoms with Gasteiger partial charge in [-0.15, -0.1) is 0 Å². The van der Waals surface area contributed by atoms with E-state index in [-0.39, 0.29) is 11.8 Å². The van der Waals surface area contributed by atoms with E-state index in [1.54, 1.807) is 5.01 Å². The monoisotopic (exact) mass is 461 g/mol. The lowest BCUT2D eigenvalue weighted by molar-refractivity contribution is -0.203. The molecule has 186 valence electrons. The lowest BCUT2D eigenvalue weighted by atomic mass is 10.0. The van der Waals surface area contributed by atoms with Gasteiger partial charge in [-0.3, -0.25) is 14.6 Å². The largest absolute Gasteiger partial charge is 0.350 e. The Morgan fingerprint density at radius 3 is 2.48 bits per heavy atom. The Labute approximate surface area is 199 Å². The molecule has 0 radical (unpaired) electrons. The maximum absolute atomic E-state index is 13.2. The molecule has 0 spiro atoms. The number of carbonyl (C=O) groups is 2. The van der Waals surface area contributed by atoms with E-state index in [0.29, 0.717) is 37.8 Å². The summed E-state index contributed by atoms with van der Waals surface area (Å²) in [6.07, 6.45) is 5.68. The molecule has 1 heterocycles. The molecule has 1 aliphatic rings. The van der Waals surface area contributed by atoms with Crippen molar-refractivity contribution in [3.05, 3.63) is 35.9 Å². The molecule has 1 aliphatic heterocycles. The summed E-state index contributed by atoms with van der Waals surface area (Å²) in [5.74, 6) is 0.382. The Bertz CT molecular complexity index is 690. The molecule has 7 heteroatoms. The minimum Gasteiger partial charge on any atom is -0.350 e. The van der Waals surface area contributed by atoms with Gasteiger partial charge in [0, 0.05) is 26.0 Å². The molecular weight excluding hydrogens is 418 g/mol. The Hall–Kier alpha value is -1.96. The molecule has 33 heavy (non-hydrogen) atoms. The lowest BCUT2D eigenvalue weighted by Crippen LogP contribution is -2.56. The number of aryl methyl sites for hydroxylation is 1. The van der Waals surface area contributed by atoms with Gasteiger partial charge < -0.3 is 4.74 Å². The van der Waals surface area contributed by atoms with E-state index in [1.807, 2.05) is 18.2 Å². The number of hydrogen-bond donors (Lipinski definition) is 2. The van der Waals surface area contributed by atoms with Gasteiger partial charge in [0.2, 0.25) is 5.91 Å². The van der Waals surface area contributed by atoms with Crippen LogP contribution in [0.5, 0.6) is 0 Å². The number of rotatable bonds is 14. The third kappa shape index (κ3) is 10.7. The number of nitrogens with one attached hydrogen (secondary N) is 2. The van der Waals surface area contributed by atoms with Crippen molar-refractivity contribution in [2.45, 2.75) is 91.4 Å². The average molecular weight is 462 g/mol. The molecule has 2 N–H and O–H groups in total. The van der Waals surface area contributed by atoms with E-state index in [2.05, 4.69) is 50.7 Å². The summed E-state index contributed by atoms with van der Waals surface area (Å²) < 4.78 is 5.57. The van der Waals surface area contributed by atoms with Crippen molar-refractivity contribution in [2.24, 2.45) is 11.8 Å². The second-order valence-corrected chi connectivity index (χ2v) is 9.73. The highest BCUT2D eigenvalue weighted by Gasteiger charge is 2.31. The van der Waals surface area contributed by atoms with Crippen molar-refractivity contribution < 1.29 is 19.2 Å². The molecule has 2 atom stereocenters. The van der Waals surface area contributed by atoms with Gasteiger partial charge in [-0.25, -0.2) is 15.7 Å². The van der Waals surface area contributed by atoms with Crippen molar-refractivity contribution in [3.8, 4) is 0 Å². The standard InChI is InChI=1S/C26H43N3O4/c1-20(2)16-17-24(30)29(27-19-21(3)4)23(14-10-13-22-11-6-5-7-12-22)26(31)28-33-25-15-8-9-18-32-25/h5-7,11-12,20-21,23,25,27H,8-10,13-19H2,1-4H3,(H,28,31)/t23-,25+/m0/s1. The summed E-state index contributed by atoms with van der Waals surface area (Å²) in [7, 11) is 0. The SMILES string of the molecule is CC(C)CCC(=O)N(NCC(C)C)[C@@H](CCCc1ccccc1)C(=O)NO[C@@H]1CCCCO1. The number of nitrogens with zero attached hydrogens (tertiary/aromatic N) is 1. The molecule has 1 saturated heterocycles. The molecule has 2 rings (SSSR count). The molecule has 1 aromatic carbocycles. The Morgan fingerprint density at radius 1 is 1.09 bits per heavy atom. The van der Waals surface area contributed by atoms with Crippen molar-refractivity contribution in [1.29, 1.82) is 0 Å². The predicted molar refractivity (Wildman–Crippen MR) is 130 cm³/mol. The van der Waals surface area contributed by atoms with Crippen molar-refractivity contribution in [2.75, 3.05) is 13.2 Å². The topological polar surface area (TPSA) is 79.9 Å². The molecule has 7 nitrogen and oxygen atoms in total. The van der Waals surface area contributed by atoms with Crippen LogP contribution in [0, 0.1) is 11.8 Å². The zero-order chi connectivity index (χ0) is 24.1. The van der Waals surface area contributed by atoms with Gasteiger partial charge in [0.05, 0.1) is 0 Å². The van der Waals surface area contributed by atoms with Gasteiger partial charge in [-0.1, -0.05) is 58.0 Å². The fraction of sp³-hybridized carbons (Fsp3) is 0.692. The number of benzene rings is 1. The van der Waals surface area contributed by atoms with Crippen LogP contribution in [0.15, 0.2) is 30.3 Å². The van der Waals surface area contributed by atoms with Crippen LogP contribution in [0.1, 0.15) is 78.2 Å². The van der Waals surface area contributed by atoms with Gasteiger partial charge in [0.25, 0.3) is 5.91 Å². The van der Waals surface area contributed by atoms with Gasteiger partial charge in [-0.05, 0) is 55.9 Å². The van der Waals surface area contributed by atoms with E-state index in [9.17, 15) is 9.59 Å². The number of hydrazine groups is 1. The van der Waals surface area contributed by atoms with E-state index >= 15 is 0 Å². The minimum atomic E-state index is -0.657. The van der Waals surface area contributed by atoms with Crippen LogP contribution >= 0.6 is 0 Å². The Morgan fingerprint density at radius 2 is 1.85 bits per heavy atom. The minimum absolute atomic E-state index is 0.0573. The first-order valence-corrected chi connectivity index (χ1v) is 12.5. The van der Waals surface area contributed by atoms with Gasteiger partial charge in [-0.2, -0.15) is 0 Å². The summed E-state index contributed by atoms with van der Waals surface area (Å²) in [6, 6.07) is 9.54. The van der Waals surface area contributed by atoms with E-state index < -0.39 is 12.3 Å². The lowest BCUT2D eigenvalue weighted by Gasteiger charge is -2.33. The summed E-state index contributed by atoms with van der Waals surface area (Å²) in [5.41, 5.74) is 7.06. The van der Waals surface area contributed by atoms with E-state index in [4.69, 9.17) is 9.57 Å². The fourth-order valence-corrected chi connectivity index (χ4v) is 3.70. The number of hydroxylamine groups is 1. The molecule has 0 aromatic heterocycles. The number of ether oxygens (including phenoxy) is 1. The van der Waals surface area contributed by atoms with E-state index in [0.717, 1.165) is 38.5 Å². The second kappa shape index (κ2) is 15.0. The molecule has 2 amide bonds. The third-order valence-electron chi connectivity index (χ3n) is 5.70. The first kappa shape index (κ1) is 27.3. The highest BCUT2D eigenvalue weighted by molar-refractivity contribution is 5.86. The first-order chi connectivity index (χ1) is 15.9. The van der Waals surface area contributed by atoms with Crippen LogP contribution in [0.2, 0.25) is 0 Å². The summed E-state index contributed by atoms with van der Waals surface area (Å²) in [4.78, 5) is 32.0. The van der Waals surface area contributed by atoms with Gasteiger partial charge >= 0.3 is 0 Å². The Kier molecular flexibility index (Phi) is 12.4. The van der Waals surface area contributed by atoms with Crippen LogP contribution in [-0.4, -0.2) is 42.3 Å². The van der Waals surface area contributed by atoms with Crippen LogP contribution in [0.4, 0.5) is 0 Å². The maximum atomic E-state index is 13.2. The van der Waals surface area contributed by atoms with E-state index in [1.165, 1.54) is 5.56 Å².